The van der Waals surface area contributed by atoms with Crippen molar-refractivity contribution in [1.82, 2.24) is 4.90 Å². The van der Waals surface area contributed by atoms with Crippen molar-refractivity contribution in [2.75, 3.05) is 13.1 Å². The van der Waals surface area contributed by atoms with Crippen LogP contribution >= 0.6 is 0 Å². The number of carboxylic acids is 1. The summed E-state index contributed by atoms with van der Waals surface area (Å²) >= 11 is 0. The molecule has 1 amide bonds. The Morgan fingerprint density at radius 3 is 2.79 bits per heavy atom. The van der Waals surface area contributed by atoms with Crippen molar-refractivity contribution in [3.8, 4) is 0 Å². The topological polar surface area (TPSA) is 57.6 Å². The number of halogens is 2. The highest BCUT2D eigenvalue weighted by molar-refractivity contribution is 5.83. The van der Waals surface area contributed by atoms with Crippen LogP contribution in [0.5, 0.6) is 0 Å². The molecule has 3 atom stereocenters. The molecule has 0 radical (unpaired) electrons. The number of benzene rings is 1. The molecule has 6 heteroatoms. The molecule has 1 saturated heterocycles. The summed E-state index contributed by atoms with van der Waals surface area (Å²) in [6.45, 7) is 1.26. The molecule has 1 N–H and O–H groups in total. The molecular formula is C18H21F2NO3. The van der Waals surface area contributed by atoms with E-state index in [-0.39, 0.29) is 30.1 Å². The van der Waals surface area contributed by atoms with E-state index in [4.69, 9.17) is 5.11 Å². The lowest BCUT2D eigenvalue weighted by molar-refractivity contribution is -0.137. The molecule has 130 valence electrons. The van der Waals surface area contributed by atoms with Crippen LogP contribution in [-0.2, 0) is 9.59 Å². The van der Waals surface area contributed by atoms with Gasteiger partial charge in [-0.15, -0.1) is 0 Å². The summed E-state index contributed by atoms with van der Waals surface area (Å²) in [7, 11) is 0. The van der Waals surface area contributed by atoms with Gasteiger partial charge in [-0.1, -0.05) is 6.07 Å². The van der Waals surface area contributed by atoms with Gasteiger partial charge in [0.15, 0.2) is 0 Å². The number of hydrogen-bond donors (Lipinski definition) is 1. The van der Waals surface area contributed by atoms with E-state index >= 15 is 0 Å². The number of amides is 1. The zero-order valence-electron chi connectivity index (χ0n) is 13.4. The van der Waals surface area contributed by atoms with Crippen molar-refractivity contribution in [3.63, 3.8) is 0 Å². The van der Waals surface area contributed by atoms with Gasteiger partial charge >= 0.3 is 5.97 Å². The van der Waals surface area contributed by atoms with Gasteiger partial charge in [0.1, 0.15) is 11.6 Å². The standard InChI is InChI=1S/C18H21F2NO3/c19-12-4-5-13(16(20)8-12)14-9-15(14)18(24)21-7-1-2-11(10-21)3-6-17(22)23/h4-5,8,11,14-15H,1-3,6-7,9-10H2,(H,22,23)/t11-,14-,15-/m0/s1. The predicted molar refractivity (Wildman–Crippen MR) is 83.4 cm³/mol. The monoisotopic (exact) mass is 337 g/mol. The third-order valence-electron chi connectivity index (χ3n) is 5.07. The first-order chi connectivity index (χ1) is 11.5. The minimum Gasteiger partial charge on any atom is -0.481 e. The Kier molecular flexibility index (Phi) is 4.83. The Balaban J connectivity index is 1.58. The van der Waals surface area contributed by atoms with Gasteiger partial charge in [-0.2, -0.15) is 0 Å². The highest BCUT2D eigenvalue weighted by atomic mass is 19.1. The number of carboxylic acid groups (broad SMARTS) is 1. The van der Waals surface area contributed by atoms with Gasteiger partial charge in [0.2, 0.25) is 5.91 Å². The zero-order valence-corrected chi connectivity index (χ0v) is 13.4. The first-order valence-corrected chi connectivity index (χ1v) is 8.41. The number of carbonyl (C=O) groups excluding carboxylic acids is 1. The van der Waals surface area contributed by atoms with Crippen LogP contribution in [0, 0.1) is 23.5 Å². The van der Waals surface area contributed by atoms with E-state index in [1.807, 2.05) is 0 Å². The fourth-order valence-corrected chi connectivity index (χ4v) is 3.68. The number of likely N-dealkylation sites (tertiary alicyclic amines) is 1. The van der Waals surface area contributed by atoms with Crippen molar-refractivity contribution < 1.29 is 23.5 Å². The Morgan fingerprint density at radius 2 is 2.08 bits per heavy atom. The van der Waals surface area contributed by atoms with Crippen LogP contribution in [0.25, 0.3) is 0 Å². The summed E-state index contributed by atoms with van der Waals surface area (Å²) < 4.78 is 26.8. The molecule has 1 aliphatic heterocycles. The highest BCUT2D eigenvalue weighted by Gasteiger charge is 2.47. The predicted octanol–water partition coefficient (Wildman–Crippen LogP) is 3.17. The summed E-state index contributed by atoms with van der Waals surface area (Å²) in [4.78, 5) is 25.1. The number of aliphatic carboxylic acids is 1. The van der Waals surface area contributed by atoms with Gasteiger partial charge in [-0.3, -0.25) is 9.59 Å². The van der Waals surface area contributed by atoms with E-state index < -0.39 is 17.6 Å². The lowest BCUT2D eigenvalue weighted by Gasteiger charge is -2.33. The largest absolute Gasteiger partial charge is 0.481 e. The molecule has 2 fully saturated rings. The van der Waals surface area contributed by atoms with Gasteiger partial charge < -0.3 is 10.0 Å². The zero-order chi connectivity index (χ0) is 17.3. The molecule has 1 aromatic carbocycles. The van der Waals surface area contributed by atoms with Crippen LogP contribution in [0.4, 0.5) is 8.78 Å². The molecule has 1 aliphatic carbocycles. The van der Waals surface area contributed by atoms with Crippen LogP contribution in [-0.4, -0.2) is 35.0 Å². The lowest BCUT2D eigenvalue weighted by Crippen LogP contribution is -2.41. The lowest BCUT2D eigenvalue weighted by atomic mass is 9.93. The van der Waals surface area contributed by atoms with E-state index in [0.29, 0.717) is 31.5 Å². The van der Waals surface area contributed by atoms with Crippen molar-refractivity contribution >= 4 is 11.9 Å². The van der Waals surface area contributed by atoms with Crippen molar-refractivity contribution in [3.05, 3.63) is 35.4 Å². The number of carbonyl (C=O) groups is 2. The molecule has 0 spiro atoms. The second kappa shape index (κ2) is 6.87. The minimum atomic E-state index is -0.813. The number of nitrogens with zero attached hydrogens (tertiary/aromatic N) is 1. The maximum absolute atomic E-state index is 13.8. The smallest absolute Gasteiger partial charge is 0.303 e. The number of hydrogen-bond acceptors (Lipinski definition) is 2. The fourth-order valence-electron chi connectivity index (χ4n) is 3.68. The molecular weight excluding hydrogens is 316 g/mol. The third-order valence-corrected chi connectivity index (χ3v) is 5.07. The van der Waals surface area contributed by atoms with Crippen LogP contribution < -0.4 is 0 Å². The first-order valence-electron chi connectivity index (χ1n) is 8.41. The molecule has 24 heavy (non-hydrogen) atoms. The van der Waals surface area contributed by atoms with E-state index in [9.17, 15) is 18.4 Å². The summed E-state index contributed by atoms with van der Waals surface area (Å²) in [6, 6.07) is 3.51. The summed E-state index contributed by atoms with van der Waals surface area (Å²) in [5.74, 6) is -2.18. The Labute approximate surface area is 139 Å². The second-order valence-corrected chi connectivity index (χ2v) is 6.84. The number of rotatable bonds is 5. The molecule has 1 aromatic rings. The van der Waals surface area contributed by atoms with Gasteiger partial charge in [0.25, 0.3) is 0 Å². The molecule has 1 saturated carbocycles. The average Bonchev–Trinajstić information content (AvgIpc) is 3.33. The van der Waals surface area contributed by atoms with E-state index in [1.54, 1.807) is 4.90 Å². The van der Waals surface area contributed by atoms with Crippen LogP contribution in [0.15, 0.2) is 18.2 Å². The van der Waals surface area contributed by atoms with E-state index in [1.165, 1.54) is 12.1 Å². The van der Waals surface area contributed by atoms with Crippen molar-refractivity contribution in [2.45, 2.75) is 38.0 Å². The third kappa shape index (κ3) is 3.74. The number of piperidine rings is 1. The Hall–Kier alpha value is -1.98. The van der Waals surface area contributed by atoms with Crippen molar-refractivity contribution in [1.29, 1.82) is 0 Å². The molecule has 4 nitrogen and oxygen atoms in total. The minimum absolute atomic E-state index is 0.0174. The van der Waals surface area contributed by atoms with Crippen LogP contribution in [0.1, 0.15) is 43.6 Å². The van der Waals surface area contributed by atoms with E-state index in [0.717, 1.165) is 18.9 Å². The highest BCUT2D eigenvalue weighted by Crippen LogP contribution is 2.49. The van der Waals surface area contributed by atoms with Crippen LogP contribution in [0.3, 0.4) is 0 Å². The molecule has 1 heterocycles. The van der Waals surface area contributed by atoms with Gasteiger partial charge in [-0.25, -0.2) is 8.78 Å². The fraction of sp³-hybridized carbons (Fsp3) is 0.556. The van der Waals surface area contributed by atoms with Crippen LogP contribution in [0.2, 0.25) is 0 Å². The first kappa shape index (κ1) is 16.9. The SMILES string of the molecule is O=C(O)CC[C@@H]1CCCN(C(=O)[C@H]2C[C@H]2c2ccc(F)cc2F)C1. The van der Waals surface area contributed by atoms with E-state index in [2.05, 4.69) is 0 Å². The molecule has 0 bridgehead atoms. The van der Waals surface area contributed by atoms with Gasteiger partial charge in [0, 0.05) is 31.5 Å². The Bertz CT molecular complexity index is 649. The normalized spacial score (nSPS) is 26.2. The molecule has 0 unspecified atom stereocenters. The maximum Gasteiger partial charge on any atom is 0.303 e. The van der Waals surface area contributed by atoms with Gasteiger partial charge in [-0.05, 0) is 49.1 Å². The molecule has 3 rings (SSSR count). The second-order valence-electron chi connectivity index (χ2n) is 6.84. The summed E-state index contributed by atoms with van der Waals surface area (Å²) in [6.07, 6.45) is 3.12. The van der Waals surface area contributed by atoms with Crippen molar-refractivity contribution in [2.24, 2.45) is 11.8 Å². The quantitative estimate of drug-likeness (QED) is 0.898. The Morgan fingerprint density at radius 1 is 1.29 bits per heavy atom. The maximum atomic E-state index is 13.8. The van der Waals surface area contributed by atoms with Gasteiger partial charge in [0.05, 0.1) is 0 Å². The molecule has 0 aromatic heterocycles. The average molecular weight is 337 g/mol. The summed E-state index contributed by atoms with van der Waals surface area (Å²) in [5.41, 5.74) is 0.411. The summed E-state index contributed by atoms with van der Waals surface area (Å²) in [5, 5.41) is 8.78. The molecule has 2 aliphatic rings.